The maximum atomic E-state index is 11.4. The molecule has 0 atom stereocenters. The highest BCUT2D eigenvalue weighted by Gasteiger charge is 2.26. The van der Waals surface area contributed by atoms with Gasteiger partial charge in [0.1, 0.15) is 0 Å². The molecule has 1 aromatic carbocycles. The molecule has 0 radical (unpaired) electrons. The first-order chi connectivity index (χ1) is 8.09. The summed E-state index contributed by atoms with van der Waals surface area (Å²) in [6.45, 7) is 0. The average Bonchev–Trinajstić information content (AvgIpc) is 2.59. The molecule has 1 aliphatic heterocycles. The van der Waals surface area contributed by atoms with Crippen LogP contribution in [0.3, 0.4) is 0 Å². The highest BCUT2D eigenvalue weighted by atomic mass is 35.5. The Morgan fingerprint density at radius 2 is 2.06 bits per heavy atom. The largest absolute Gasteiger partial charge is 0.272 e. The Bertz CT molecular complexity index is 483. The Morgan fingerprint density at radius 1 is 1.41 bits per heavy atom. The minimum atomic E-state index is -0.139. The fourth-order valence-corrected chi connectivity index (χ4v) is 2.67. The second-order valence-corrected chi connectivity index (χ2v) is 5.56. The van der Waals surface area contributed by atoms with Crippen LogP contribution in [0.2, 0.25) is 10.0 Å². The van der Waals surface area contributed by atoms with Gasteiger partial charge in [0, 0.05) is 5.56 Å². The van der Waals surface area contributed by atoms with Crippen LogP contribution in [0, 0.1) is 0 Å². The number of thiocarbonyl (C=S) groups is 1. The Kier molecular flexibility index (Phi) is 4.04. The number of benzene rings is 1. The van der Waals surface area contributed by atoms with Gasteiger partial charge in [-0.1, -0.05) is 53.2 Å². The zero-order chi connectivity index (χ0) is 12.4. The van der Waals surface area contributed by atoms with Crippen molar-refractivity contribution in [3.8, 4) is 0 Å². The van der Waals surface area contributed by atoms with Crippen LogP contribution in [0.15, 0.2) is 23.3 Å². The standard InChI is InChI=1S/C10H6Cl2N2OS2/c11-7-2-1-3-8(12)6(7)4-13-14-9(15)5-17-10(14)16/h1-4H,5H2/b13-4+. The lowest BCUT2D eigenvalue weighted by atomic mass is 10.2. The SMILES string of the molecule is O=C1CSC(=S)N1/N=C/c1c(Cl)cccc1Cl. The van der Waals surface area contributed by atoms with Crippen LogP contribution in [0.25, 0.3) is 0 Å². The molecular weight excluding hydrogens is 299 g/mol. The van der Waals surface area contributed by atoms with Gasteiger partial charge in [-0.25, -0.2) is 0 Å². The van der Waals surface area contributed by atoms with E-state index in [4.69, 9.17) is 35.4 Å². The summed E-state index contributed by atoms with van der Waals surface area (Å²) in [5.74, 6) is 0.186. The van der Waals surface area contributed by atoms with Gasteiger partial charge in [-0.2, -0.15) is 10.1 Å². The minimum absolute atomic E-state index is 0.139. The molecular formula is C10H6Cl2N2OS2. The van der Waals surface area contributed by atoms with Gasteiger partial charge < -0.3 is 0 Å². The molecule has 88 valence electrons. The minimum Gasteiger partial charge on any atom is -0.272 e. The van der Waals surface area contributed by atoms with Crippen LogP contribution in [0.1, 0.15) is 5.56 Å². The molecule has 1 aromatic rings. The highest BCUT2D eigenvalue weighted by molar-refractivity contribution is 8.23. The fourth-order valence-electron chi connectivity index (χ4n) is 1.21. The quantitative estimate of drug-likeness (QED) is 0.621. The van der Waals surface area contributed by atoms with Crippen molar-refractivity contribution in [3.63, 3.8) is 0 Å². The Hall–Kier alpha value is -0.620. The van der Waals surface area contributed by atoms with Crippen LogP contribution in [0.4, 0.5) is 0 Å². The van der Waals surface area contributed by atoms with E-state index < -0.39 is 0 Å². The summed E-state index contributed by atoms with van der Waals surface area (Å²) in [5, 5.41) is 6.14. The molecule has 0 bridgehead atoms. The van der Waals surface area contributed by atoms with E-state index in [0.717, 1.165) is 0 Å². The van der Waals surface area contributed by atoms with E-state index in [-0.39, 0.29) is 5.91 Å². The van der Waals surface area contributed by atoms with Crippen molar-refractivity contribution in [1.29, 1.82) is 0 Å². The van der Waals surface area contributed by atoms with E-state index in [9.17, 15) is 4.79 Å². The smallest absolute Gasteiger partial charge is 0.259 e. The number of nitrogens with zero attached hydrogens (tertiary/aromatic N) is 2. The number of halogens is 2. The van der Waals surface area contributed by atoms with Crippen molar-refractivity contribution in [2.45, 2.75) is 0 Å². The van der Waals surface area contributed by atoms with Crippen LogP contribution in [-0.2, 0) is 4.79 Å². The van der Waals surface area contributed by atoms with Gasteiger partial charge in [0.15, 0.2) is 4.32 Å². The van der Waals surface area contributed by atoms with E-state index in [1.807, 2.05) is 0 Å². The summed E-state index contributed by atoms with van der Waals surface area (Å²) in [6, 6.07) is 5.14. The third-order valence-corrected chi connectivity index (χ3v) is 4.03. The summed E-state index contributed by atoms with van der Waals surface area (Å²) >= 11 is 18.2. The lowest BCUT2D eigenvalue weighted by Gasteiger charge is -2.07. The molecule has 0 saturated carbocycles. The molecule has 7 heteroatoms. The number of amides is 1. The molecule has 1 amide bonds. The molecule has 17 heavy (non-hydrogen) atoms. The molecule has 0 unspecified atom stereocenters. The third kappa shape index (κ3) is 2.80. The second-order valence-electron chi connectivity index (χ2n) is 3.14. The summed E-state index contributed by atoms with van der Waals surface area (Å²) in [5.41, 5.74) is 0.573. The number of hydrogen-bond donors (Lipinski definition) is 0. The zero-order valence-electron chi connectivity index (χ0n) is 8.39. The summed E-state index contributed by atoms with van der Waals surface area (Å²) in [6.07, 6.45) is 1.45. The number of thioether (sulfide) groups is 1. The summed E-state index contributed by atoms with van der Waals surface area (Å²) in [7, 11) is 0. The van der Waals surface area contributed by atoms with Crippen molar-refractivity contribution in [1.82, 2.24) is 5.01 Å². The molecule has 1 fully saturated rings. The van der Waals surface area contributed by atoms with Crippen molar-refractivity contribution in [2.75, 3.05) is 5.75 Å². The van der Waals surface area contributed by atoms with E-state index in [2.05, 4.69) is 5.10 Å². The molecule has 1 saturated heterocycles. The first kappa shape index (κ1) is 12.8. The van der Waals surface area contributed by atoms with Crippen molar-refractivity contribution < 1.29 is 4.79 Å². The Labute approximate surface area is 118 Å². The topological polar surface area (TPSA) is 32.7 Å². The first-order valence-corrected chi connectivity index (χ1v) is 6.72. The molecule has 0 N–H and O–H groups in total. The lowest BCUT2D eigenvalue weighted by Crippen LogP contribution is -2.22. The number of rotatable bonds is 2. The molecule has 0 spiro atoms. The van der Waals surface area contributed by atoms with Gasteiger partial charge in [-0.05, 0) is 12.1 Å². The summed E-state index contributed by atoms with van der Waals surface area (Å²) < 4.78 is 0.439. The van der Waals surface area contributed by atoms with Crippen LogP contribution in [0.5, 0.6) is 0 Å². The maximum Gasteiger partial charge on any atom is 0.259 e. The van der Waals surface area contributed by atoms with E-state index >= 15 is 0 Å². The number of carbonyl (C=O) groups is 1. The number of hydrogen-bond acceptors (Lipinski definition) is 4. The second kappa shape index (κ2) is 5.35. The van der Waals surface area contributed by atoms with Gasteiger partial charge in [0.05, 0.1) is 22.0 Å². The van der Waals surface area contributed by atoms with Crippen LogP contribution < -0.4 is 0 Å². The molecule has 0 aliphatic carbocycles. The zero-order valence-corrected chi connectivity index (χ0v) is 11.5. The molecule has 2 rings (SSSR count). The van der Waals surface area contributed by atoms with Crippen molar-refractivity contribution in [2.24, 2.45) is 5.10 Å². The van der Waals surface area contributed by atoms with E-state index in [0.29, 0.717) is 25.7 Å². The average molecular weight is 305 g/mol. The predicted octanol–water partition coefficient (Wildman–Crippen LogP) is 3.19. The fraction of sp³-hybridized carbons (Fsp3) is 0.100. The van der Waals surface area contributed by atoms with Crippen molar-refractivity contribution >= 4 is 63.6 Å². The molecule has 1 heterocycles. The van der Waals surface area contributed by atoms with Gasteiger partial charge in [0.25, 0.3) is 5.91 Å². The van der Waals surface area contributed by atoms with Crippen LogP contribution in [-0.4, -0.2) is 27.2 Å². The van der Waals surface area contributed by atoms with Gasteiger partial charge >= 0.3 is 0 Å². The lowest BCUT2D eigenvalue weighted by molar-refractivity contribution is -0.123. The maximum absolute atomic E-state index is 11.4. The highest BCUT2D eigenvalue weighted by Crippen LogP contribution is 2.24. The Balaban J connectivity index is 2.26. The van der Waals surface area contributed by atoms with Crippen LogP contribution >= 0.6 is 47.2 Å². The Morgan fingerprint density at radius 3 is 2.59 bits per heavy atom. The molecule has 1 aliphatic rings. The van der Waals surface area contributed by atoms with Gasteiger partial charge in [-0.15, -0.1) is 0 Å². The summed E-state index contributed by atoms with van der Waals surface area (Å²) in [4.78, 5) is 11.4. The van der Waals surface area contributed by atoms with Gasteiger partial charge in [-0.3, -0.25) is 4.79 Å². The monoisotopic (exact) mass is 304 g/mol. The number of carbonyl (C=O) groups excluding carboxylic acids is 1. The van der Waals surface area contributed by atoms with E-state index in [1.54, 1.807) is 18.2 Å². The molecule has 0 aromatic heterocycles. The van der Waals surface area contributed by atoms with Crippen molar-refractivity contribution in [3.05, 3.63) is 33.8 Å². The normalized spacial score (nSPS) is 16.2. The molecule has 3 nitrogen and oxygen atoms in total. The number of hydrazone groups is 1. The first-order valence-electron chi connectivity index (χ1n) is 4.57. The predicted molar refractivity (Wildman–Crippen MR) is 76.0 cm³/mol. The third-order valence-electron chi connectivity index (χ3n) is 2.03. The van der Waals surface area contributed by atoms with E-state index in [1.165, 1.54) is 23.0 Å². The van der Waals surface area contributed by atoms with Gasteiger partial charge in [0.2, 0.25) is 0 Å².